The Bertz CT molecular complexity index is 706. The van der Waals surface area contributed by atoms with Gasteiger partial charge >= 0.3 is 5.97 Å². The molecule has 2 N–H and O–H groups in total. The summed E-state index contributed by atoms with van der Waals surface area (Å²) in [5.41, 5.74) is 3.12. The molecule has 0 bridgehead atoms. The maximum absolute atomic E-state index is 11.1. The second-order valence-electron chi connectivity index (χ2n) is 4.91. The van der Waals surface area contributed by atoms with Crippen LogP contribution in [0.25, 0.3) is 6.08 Å². The van der Waals surface area contributed by atoms with Crippen molar-refractivity contribution in [1.82, 2.24) is 0 Å². The molecular weight excluding hydrogens is 314 g/mol. The lowest BCUT2D eigenvalue weighted by Gasteiger charge is -2.07. The standard InChI is InChI=1S/C18H16ClNO3/c19-11-17(21)10-5-13-3-8-16(9-4-13)20-12-14-1-6-15(7-2-14)18(22)23/h1-10,20H,11-12H2,(H,22,23). The lowest BCUT2D eigenvalue weighted by Crippen LogP contribution is -2.01. The molecule has 5 heteroatoms. The zero-order chi connectivity index (χ0) is 16.7. The summed E-state index contributed by atoms with van der Waals surface area (Å²) in [6, 6.07) is 14.4. The fraction of sp³-hybridized carbons (Fsp3) is 0.111. The maximum Gasteiger partial charge on any atom is 0.335 e. The van der Waals surface area contributed by atoms with Gasteiger partial charge in [-0.25, -0.2) is 4.79 Å². The zero-order valence-corrected chi connectivity index (χ0v) is 13.1. The van der Waals surface area contributed by atoms with Crippen LogP contribution in [0, 0.1) is 0 Å². The summed E-state index contributed by atoms with van der Waals surface area (Å²) < 4.78 is 0. The van der Waals surface area contributed by atoms with Gasteiger partial charge in [-0.3, -0.25) is 4.79 Å². The van der Waals surface area contributed by atoms with Gasteiger partial charge in [0.15, 0.2) is 5.78 Å². The van der Waals surface area contributed by atoms with Crippen LogP contribution in [-0.4, -0.2) is 22.7 Å². The first-order valence-electron chi connectivity index (χ1n) is 7.01. The van der Waals surface area contributed by atoms with E-state index in [2.05, 4.69) is 5.32 Å². The first-order chi connectivity index (χ1) is 11.1. The number of ketones is 1. The van der Waals surface area contributed by atoms with Gasteiger partial charge in [0, 0.05) is 12.2 Å². The van der Waals surface area contributed by atoms with Crippen LogP contribution >= 0.6 is 11.6 Å². The molecular formula is C18H16ClNO3. The number of carbonyl (C=O) groups is 2. The molecule has 0 radical (unpaired) electrons. The number of halogens is 1. The van der Waals surface area contributed by atoms with E-state index < -0.39 is 5.97 Å². The number of carbonyl (C=O) groups excluding carboxylic acids is 1. The number of anilines is 1. The molecule has 2 aromatic carbocycles. The molecule has 23 heavy (non-hydrogen) atoms. The van der Waals surface area contributed by atoms with Crippen molar-refractivity contribution in [1.29, 1.82) is 0 Å². The van der Waals surface area contributed by atoms with E-state index >= 15 is 0 Å². The van der Waals surface area contributed by atoms with Crippen LogP contribution in [-0.2, 0) is 11.3 Å². The third-order valence-electron chi connectivity index (χ3n) is 3.20. The van der Waals surface area contributed by atoms with Crippen molar-refractivity contribution in [2.75, 3.05) is 11.2 Å². The number of alkyl halides is 1. The minimum Gasteiger partial charge on any atom is -0.478 e. The highest BCUT2D eigenvalue weighted by atomic mass is 35.5. The number of benzene rings is 2. The Morgan fingerprint density at radius 2 is 1.70 bits per heavy atom. The third kappa shape index (κ3) is 5.27. The molecule has 0 spiro atoms. The predicted octanol–water partition coefficient (Wildman–Crippen LogP) is 3.82. The average Bonchev–Trinajstić information content (AvgIpc) is 2.59. The highest BCUT2D eigenvalue weighted by Crippen LogP contribution is 2.13. The van der Waals surface area contributed by atoms with E-state index in [4.69, 9.17) is 16.7 Å². The van der Waals surface area contributed by atoms with Crippen LogP contribution in [0.3, 0.4) is 0 Å². The first kappa shape index (κ1) is 16.8. The van der Waals surface area contributed by atoms with Crippen LogP contribution in [0.15, 0.2) is 54.6 Å². The molecule has 118 valence electrons. The molecule has 0 aromatic heterocycles. The van der Waals surface area contributed by atoms with Gasteiger partial charge in [-0.1, -0.05) is 30.3 Å². The Kier molecular flexibility index (Phi) is 5.94. The lowest BCUT2D eigenvalue weighted by atomic mass is 10.1. The number of nitrogens with one attached hydrogen (secondary N) is 1. The predicted molar refractivity (Wildman–Crippen MR) is 91.9 cm³/mol. The summed E-state index contributed by atoms with van der Waals surface area (Å²) in [6.07, 6.45) is 3.18. The van der Waals surface area contributed by atoms with Crippen molar-refractivity contribution in [3.63, 3.8) is 0 Å². The van der Waals surface area contributed by atoms with Crippen molar-refractivity contribution >= 4 is 35.1 Å². The number of carboxylic acid groups (broad SMARTS) is 1. The van der Waals surface area contributed by atoms with E-state index in [-0.39, 0.29) is 17.2 Å². The molecule has 4 nitrogen and oxygen atoms in total. The second-order valence-corrected chi connectivity index (χ2v) is 5.18. The maximum atomic E-state index is 11.1. The summed E-state index contributed by atoms with van der Waals surface area (Å²) in [6.45, 7) is 0.597. The molecule has 0 heterocycles. The molecule has 0 aliphatic heterocycles. The number of allylic oxidation sites excluding steroid dienone is 1. The Morgan fingerprint density at radius 1 is 1.04 bits per heavy atom. The van der Waals surface area contributed by atoms with E-state index in [1.165, 1.54) is 6.08 Å². The van der Waals surface area contributed by atoms with E-state index in [0.717, 1.165) is 16.8 Å². The summed E-state index contributed by atoms with van der Waals surface area (Å²) in [5, 5.41) is 12.1. The molecule has 0 saturated carbocycles. The van der Waals surface area contributed by atoms with Crippen LogP contribution in [0.5, 0.6) is 0 Å². The van der Waals surface area contributed by atoms with Gasteiger partial charge in [-0.2, -0.15) is 0 Å². The first-order valence-corrected chi connectivity index (χ1v) is 7.55. The van der Waals surface area contributed by atoms with Crippen LogP contribution in [0.4, 0.5) is 5.69 Å². The van der Waals surface area contributed by atoms with E-state index in [0.29, 0.717) is 6.54 Å². The molecule has 0 atom stereocenters. The minimum absolute atomic E-state index is 0.0171. The van der Waals surface area contributed by atoms with Crippen molar-refractivity contribution in [2.24, 2.45) is 0 Å². The quantitative estimate of drug-likeness (QED) is 0.598. The van der Waals surface area contributed by atoms with Gasteiger partial charge in [-0.15, -0.1) is 11.6 Å². The van der Waals surface area contributed by atoms with Crippen molar-refractivity contribution in [2.45, 2.75) is 6.54 Å². The Labute approximate surface area is 139 Å². The van der Waals surface area contributed by atoms with Crippen LogP contribution in [0.1, 0.15) is 21.5 Å². The summed E-state index contributed by atoms with van der Waals surface area (Å²) in [5.74, 6) is -1.07. The minimum atomic E-state index is -0.930. The summed E-state index contributed by atoms with van der Waals surface area (Å²) in [4.78, 5) is 21.9. The zero-order valence-electron chi connectivity index (χ0n) is 12.3. The fourth-order valence-electron chi connectivity index (χ4n) is 1.92. The molecule has 0 aliphatic rings. The Morgan fingerprint density at radius 3 is 2.26 bits per heavy atom. The smallest absolute Gasteiger partial charge is 0.335 e. The number of hydrogen-bond acceptors (Lipinski definition) is 3. The fourth-order valence-corrected chi connectivity index (χ4v) is 2.00. The summed E-state index contributed by atoms with van der Waals surface area (Å²) in [7, 11) is 0. The molecule has 0 fully saturated rings. The topological polar surface area (TPSA) is 66.4 Å². The lowest BCUT2D eigenvalue weighted by molar-refractivity contribution is -0.112. The van der Waals surface area contributed by atoms with Crippen LogP contribution < -0.4 is 5.32 Å². The largest absolute Gasteiger partial charge is 0.478 e. The van der Waals surface area contributed by atoms with E-state index in [1.54, 1.807) is 30.3 Å². The highest BCUT2D eigenvalue weighted by Gasteiger charge is 2.01. The van der Waals surface area contributed by atoms with Gasteiger partial charge in [0.2, 0.25) is 0 Å². The number of aromatic carboxylic acids is 1. The monoisotopic (exact) mass is 329 g/mol. The van der Waals surface area contributed by atoms with Gasteiger partial charge in [0.05, 0.1) is 11.4 Å². The highest BCUT2D eigenvalue weighted by molar-refractivity contribution is 6.29. The van der Waals surface area contributed by atoms with Crippen molar-refractivity contribution in [3.05, 3.63) is 71.3 Å². The molecule has 2 aromatic rings. The Balaban J connectivity index is 1.92. The Hall–Kier alpha value is -2.59. The SMILES string of the molecule is O=C(C=Cc1ccc(NCc2ccc(C(=O)O)cc2)cc1)CCl. The molecule has 0 unspecified atom stereocenters. The van der Waals surface area contributed by atoms with Gasteiger partial charge < -0.3 is 10.4 Å². The van der Waals surface area contributed by atoms with Crippen molar-refractivity contribution < 1.29 is 14.7 Å². The molecule has 0 aliphatic carbocycles. The number of carboxylic acids is 1. The normalized spacial score (nSPS) is 10.7. The van der Waals surface area contributed by atoms with E-state index in [9.17, 15) is 9.59 Å². The average molecular weight is 330 g/mol. The van der Waals surface area contributed by atoms with Crippen molar-refractivity contribution in [3.8, 4) is 0 Å². The van der Waals surface area contributed by atoms with E-state index in [1.807, 2.05) is 24.3 Å². The molecule has 2 rings (SSSR count). The van der Waals surface area contributed by atoms with Gasteiger partial charge in [0.25, 0.3) is 0 Å². The second kappa shape index (κ2) is 8.15. The van der Waals surface area contributed by atoms with Gasteiger partial charge in [-0.05, 0) is 41.5 Å². The van der Waals surface area contributed by atoms with Crippen LogP contribution in [0.2, 0.25) is 0 Å². The van der Waals surface area contributed by atoms with Gasteiger partial charge in [0.1, 0.15) is 0 Å². The molecule has 0 amide bonds. The number of hydrogen-bond donors (Lipinski definition) is 2. The molecule has 0 saturated heterocycles. The summed E-state index contributed by atoms with van der Waals surface area (Å²) >= 11 is 5.43. The number of rotatable bonds is 7. The third-order valence-corrected chi connectivity index (χ3v) is 3.47.